The predicted octanol–water partition coefficient (Wildman–Crippen LogP) is 7.41. The second-order valence-corrected chi connectivity index (χ2v) is 8.25. The van der Waals surface area contributed by atoms with Crippen molar-refractivity contribution in [2.45, 2.75) is 110 Å². The summed E-state index contributed by atoms with van der Waals surface area (Å²) < 4.78 is 0. The van der Waals surface area contributed by atoms with Crippen molar-refractivity contribution < 1.29 is 74.5 Å². The smallest absolute Gasteiger partial charge is 0.336 e. The van der Waals surface area contributed by atoms with Crippen LogP contribution in [0.3, 0.4) is 0 Å². The Kier molecular flexibility index (Phi) is 29.6. The van der Waals surface area contributed by atoms with Crippen LogP contribution in [0.25, 0.3) is 0 Å². The number of unbranched alkanes of at least 4 members (excludes halogenated alkanes) is 14. The third-order valence-electron chi connectivity index (χ3n) is 5.38. The molecule has 0 aromatic heterocycles. The fraction of sp³-hybridized carbons (Fsp3) is 0.654. The Morgan fingerprint density at radius 3 is 1.12 bits per heavy atom. The molecule has 0 saturated heterocycles. The second-order valence-electron chi connectivity index (χ2n) is 8.25. The molecule has 0 aliphatic carbocycles. The van der Waals surface area contributed by atoms with E-state index in [1.165, 1.54) is 108 Å². The van der Waals surface area contributed by atoms with Gasteiger partial charge in [-0.3, -0.25) is 4.79 Å². The van der Waals surface area contributed by atoms with E-state index in [0.717, 1.165) is 12.8 Å². The van der Waals surface area contributed by atoms with Crippen LogP contribution in [0, 0.1) is 0 Å². The van der Waals surface area contributed by atoms with Crippen LogP contribution < -0.4 is 0 Å². The van der Waals surface area contributed by atoms with Crippen molar-refractivity contribution in [3.05, 3.63) is 35.4 Å². The Hall–Kier alpha value is -0.889. The number of carbonyl (C=O) groups is 3. The Morgan fingerprint density at radius 2 is 0.853 bits per heavy atom. The van der Waals surface area contributed by atoms with Crippen LogP contribution in [0.1, 0.15) is 130 Å². The first kappa shape index (κ1) is 37.7. The summed E-state index contributed by atoms with van der Waals surface area (Å²) in [5.41, 5.74) is -0.380. The molecule has 0 bridgehead atoms. The number of hydrogen-bond acceptors (Lipinski definition) is 3. The largest absolute Gasteiger partial charge is 0.481 e. The monoisotopic (exact) mass is 664 g/mol. The van der Waals surface area contributed by atoms with Gasteiger partial charge in [0, 0.05) is 51.2 Å². The van der Waals surface area contributed by atoms with Crippen LogP contribution >= 0.6 is 0 Å². The molecule has 204 valence electrons. The molecule has 0 unspecified atom stereocenters. The summed E-state index contributed by atoms with van der Waals surface area (Å²) >= 11 is 0. The summed E-state index contributed by atoms with van der Waals surface area (Å²) in [6, 6.07) is 5.48. The molecule has 0 amide bonds. The van der Waals surface area contributed by atoms with E-state index in [0.29, 0.717) is 6.42 Å². The van der Waals surface area contributed by atoms with Crippen LogP contribution in [-0.2, 0) is 49.6 Å². The molecule has 1 rings (SSSR count). The molecule has 6 nitrogen and oxygen atoms in total. The molecule has 3 N–H and O–H groups in total. The normalized spacial score (nSPS) is 9.68. The van der Waals surface area contributed by atoms with Gasteiger partial charge in [0.25, 0.3) is 0 Å². The maximum absolute atomic E-state index is 10.5. The van der Waals surface area contributed by atoms with Gasteiger partial charge in [-0.2, -0.15) is 0 Å². The Balaban J connectivity index is -0.000000590. The number of rotatable bonds is 18. The molecular weight excluding hydrogens is 624 g/mol. The number of benzene rings is 1. The molecule has 1 aromatic rings. The second kappa shape index (κ2) is 26.7. The summed E-state index contributed by atoms with van der Waals surface area (Å²) in [7, 11) is 0. The third-order valence-corrected chi connectivity index (χ3v) is 5.38. The predicted molar refractivity (Wildman–Crippen MR) is 128 cm³/mol. The Bertz CT molecular complexity index is 619. The number of carboxylic acids is 3. The molecule has 34 heavy (non-hydrogen) atoms. The van der Waals surface area contributed by atoms with Crippen molar-refractivity contribution in [2.75, 3.05) is 0 Å². The van der Waals surface area contributed by atoms with Crippen LogP contribution in [0.15, 0.2) is 24.3 Å². The Labute approximate surface area is 236 Å². The van der Waals surface area contributed by atoms with Crippen LogP contribution in [-0.4, -0.2) is 33.2 Å². The summed E-state index contributed by atoms with van der Waals surface area (Å²) in [4.78, 5) is 31.3. The number of aromatic carboxylic acids is 2. The molecule has 8 heteroatoms. The fourth-order valence-corrected chi connectivity index (χ4v) is 3.50. The number of carboxylic acid groups (broad SMARTS) is 3. The molecule has 1 aromatic carbocycles. The molecule has 0 aliphatic heterocycles. The van der Waals surface area contributed by atoms with E-state index in [1.54, 1.807) is 0 Å². The van der Waals surface area contributed by atoms with Gasteiger partial charge in [0.2, 0.25) is 0 Å². The molecule has 0 fully saturated rings. The minimum atomic E-state index is -1.23. The summed E-state index contributed by atoms with van der Waals surface area (Å²) in [6.07, 6.45) is 20.2. The summed E-state index contributed by atoms with van der Waals surface area (Å²) in [6.45, 7) is 2.27. The average molecular weight is 666 g/mol. The molecular formula is C26H42Ag2O6. The van der Waals surface area contributed by atoms with Crippen molar-refractivity contribution in [3.63, 3.8) is 0 Å². The average Bonchev–Trinajstić information content (AvgIpc) is 2.76. The van der Waals surface area contributed by atoms with Gasteiger partial charge in [-0.05, 0) is 18.6 Å². The standard InChI is InChI=1S/C18H36O2.C8H6O4.2Ag/c1-2-3-4-5-6-7-8-9-10-11-12-13-14-15-16-17-18(19)20;9-7(10)5-3-1-2-4-6(5)8(11)12;;/h2-17H2,1H3,(H,19,20);1-4H,(H,9,10)(H,11,12);;. The van der Waals surface area contributed by atoms with Crippen molar-refractivity contribution in [2.24, 2.45) is 0 Å². The zero-order chi connectivity index (χ0) is 24.0. The van der Waals surface area contributed by atoms with Gasteiger partial charge in [0.15, 0.2) is 0 Å². The van der Waals surface area contributed by atoms with E-state index in [2.05, 4.69) is 6.92 Å². The van der Waals surface area contributed by atoms with Gasteiger partial charge < -0.3 is 15.3 Å². The molecule has 2 radical (unpaired) electrons. The molecule has 0 aliphatic rings. The zero-order valence-corrected chi connectivity index (χ0v) is 23.3. The topological polar surface area (TPSA) is 112 Å². The molecule has 0 saturated carbocycles. The minimum absolute atomic E-state index is 0. The quantitative estimate of drug-likeness (QED) is 0.111. The zero-order valence-electron chi connectivity index (χ0n) is 20.3. The Morgan fingerprint density at radius 1 is 0.559 bits per heavy atom. The van der Waals surface area contributed by atoms with Gasteiger partial charge in [-0.25, -0.2) is 9.59 Å². The number of aliphatic carboxylic acids is 1. The van der Waals surface area contributed by atoms with Crippen molar-refractivity contribution in [1.82, 2.24) is 0 Å². The SMILES string of the molecule is CCCCCCCCCCCCCCCCCC(=O)O.O=C(O)c1ccccc1C(=O)O.[Ag].[Ag]. The minimum Gasteiger partial charge on any atom is -0.481 e. The van der Waals surface area contributed by atoms with Gasteiger partial charge in [0.1, 0.15) is 0 Å². The van der Waals surface area contributed by atoms with E-state index in [1.807, 2.05) is 0 Å². The fourth-order valence-electron chi connectivity index (χ4n) is 3.50. The first-order valence-electron chi connectivity index (χ1n) is 12.2. The first-order valence-corrected chi connectivity index (χ1v) is 12.2. The van der Waals surface area contributed by atoms with Gasteiger partial charge in [-0.1, -0.05) is 109 Å². The van der Waals surface area contributed by atoms with E-state index >= 15 is 0 Å². The van der Waals surface area contributed by atoms with E-state index in [4.69, 9.17) is 15.3 Å². The maximum Gasteiger partial charge on any atom is 0.336 e. The van der Waals surface area contributed by atoms with Crippen molar-refractivity contribution in [1.29, 1.82) is 0 Å². The molecule has 0 heterocycles. The van der Waals surface area contributed by atoms with Crippen LogP contribution in [0.5, 0.6) is 0 Å². The van der Waals surface area contributed by atoms with Gasteiger partial charge in [0.05, 0.1) is 11.1 Å². The van der Waals surface area contributed by atoms with E-state index in [9.17, 15) is 14.4 Å². The van der Waals surface area contributed by atoms with E-state index in [-0.39, 0.29) is 55.9 Å². The molecule has 0 spiro atoms. The van der Waals surface area contributed by atoms with E-state index < -0.39 is 17.9 Å². The van der Waals surface area contributed by atoms with Gasteiger partial charge in [-0.15, -0.1) is 0 Å². The summed E-state index contributed by atoms with van der Waals surface area (Å²) in [5.74, 6) is -3.11. The van der Waals surface area contributed by atoms with Crippen molar-refractivity contribution >= 4 is 17.9 Å². The first-order chi connectivity index (χ1) is 15.4. The van der Waals surface area contributed by atoms with Crippen LogP contribution in [0.2, 0.25) is 0 Å². The number of hydrogen-bond donors (Lipinski definition) is 3. The maximum atomic E-state index is 10.5. The van der Waals surface area contributed by atoms with Crippen LogP contribution in [0.4, 0.5) is 0 Å². The van der Waals surface area contributed by atoms with Gasteiger partial charge >= 0.3 is 17.9 Å². The van der Waals surface area contributed by atoms with Crippen molar-refractivity contribution in [3.8, 4) is 0 Å². The summed E-state index contributed by atoms with van der Waals surface area (Å²) in [5, 5.41) is 25.6. The third kappa shape index (κ3) is 22.9. The molecule has 0 atom stereocenters.